The lowest BCUT2D eigenvalue weighted by molar-refractivity contribution is 1.12. The van der Waals surface area contributed by atoms with Gasteiger partial charge in [-0.1, -0.05) is 37.8 Å². The van der Waals surface area contributed by atoms with E-state index in [1.165, 1.54) is 0 Å². The number of fused-ring (bicyclic) bond motifs is 1. The third-order valence-corrected chi connectivity index (χ3v) is 4.96. The average molecular weight is 295 g/mol. The normalized spacial score (nSPS) is 11.6. The summed E-state index contributed by atoms with van der Waals surface area (Å²) >= 11 is 0. The Kier molecular flexibility index (Phi) is 3.38. The molecule has 0 aliphatic rings. The molecule has 2 aromatic heterocycles. The first-order valence-electron chi connectivity index (χ1n) is 6.84. The van der Waals surface area contributed by atoms with Crippen LogP contribution in [0.4, 0.5) is 11.5 Å². The lowest BCUT2D eigenvalue weighted by atomic mass is 10.3. The molecule has 0 saturated carbocycles. The third-order valence-electron chi connectivity index (χ3n) is 3.15. The van der Waals surface area contributed by atoms with Crippen LogP contribution in [0.1, 0.15) is 0 Å². The van der Waals surface area contributed by atoms with E-state index in [1.807, 2.05) is 18.2 Å². The number of nitrogens with zero attached hydrogens (tertiary/aromatic N) is 5. The van der Waals surface area contributed by atoms with E-state index in [-0.39, 0.29) is 0 Å². The Bertz CT molecular complexity index is 749. The maximum Gasteiger partial charge on any atom is 0.183 e. The largest absolute Gasteiger partial charge is 0.353 e. The quantitative estimate of drug-likeness (QED) is 0.693. The second kappa shape index (κ2) is 5.21. The average Bonchev–Trinajstić information content (AvgIpc) is 2.47. The first-order valence-corrected chi connectivity index (χ1v) is 10.3. The molecule has 6 heteroatoms. The van der Waals surface area contributed by atoms with Gasteiger partial charge in [0.2, 0.25) is 0 Å². The Hall–Kier alpha value is -2.34. The highest BCUT2D eigenvalue weighted by molar-refractivity contribution is 6.81. The summed E-state index contributed by atoms with van der Waals surface area (Å²) in [7, 11) is -1.71. The van der Waals surface area contributed by atoms with Crippen LogP contribution in [0.15, 0.2) is 49.1 Å². The molecule has 0 saturated heterocycles. The standard InChI is InChI=1S/C15H17N5Si/c1-21(2,3)20(12-7-5-4-6-8-12)15-13-14(18-11-19-15)17-10-9-16-13/h4-11H,1-3H3. The molecule has 2 heterocycles. The van der Waals surface area contributed by atoms with Crippen LogP contribution in [0.3, 0.4) is 0 Å². The number of rotatable bonds is 3. The topological polar surface area (TPSA) is 54.8 Å². The summed E-state index contributed by atoms with van der Waals surface area (Å²) in [4.78, 5) is 17.4. The van der Waals surface area contributed by atoms with E-state index in [4.69, 9.17) is 0 Å². The van der Waals surface area contributed by atoms with E-state index in [0.29, 0.717) is 5.65 Å². The van der Waals surface area contributed by atoms with Gasteiger partial charge >= 0.3 is 0 Å². The minimum atomic E-state index is -1.71. The molecule has 3 rings (SSSR count). The molecule has 5 nitrogen and oxygen atoms in total. The predicted octanol–water partition coefficient (Wildman–Crippen LogP) is 3.39. The Morgan fingerprint density at radius 1 is 0.857 bits per heavy atom. The van der Waals surface area contributed by atoms with Crippen LogP contribution in [-0.4, -0.2) is 28.2 Å². The van der Waals surface area contributed by atoms with E-state index in [2.05, 4.69) is 56.3 Å². The van der Waals surface area contributed by atoms with Gasteiger partial charge < -0.3 is 4.57 Å². The smallest absolute Gasteiger partial charge is 0.183 e. The summed E-state index contributed by atoms with van der Waals surface area (Å²) in [5, 5.41) is 0. The maximum atomic E-state index is 4.50. The Balaban J connectivity index is 2.25. The Morgan fingerprint density at radius 2 is 1.57 bits per heavy atom. The lowest BCUT2D eigenvalue weighted by Gasteiger charge is -2.35. The van der Waals surface area contributed by atoms with E-state index < -0.39 is 8.24 Å². The molecule has 0 radical (unpaired) electrons. The number of hydrogen-bond acceptors (Lipinski definition) is 5. The monoisotopic (exact) mass is 295 g/mol. The fourth-order valence-electron chi connectivity index (χ4n) is 2.35. The molecule has 0 atom stereocenters. The molecule has 0 spiro atoms. The van der Waals surface area contributed by atoms with Crippen molar-refractivity contribution < 1.29 is 0 Å². The summed E-state index contributed by atoms with van der Waals surface area (Å²) in [6.45, 7) is 6.85. The van der Waals surface area contributed by atoms with Gasteiger partial charge in [0.05, 0.1) is 0 Å². The van der Waals surface area contributed by atoms with E-state index in [0.717, 1.165) is 17.0 Å². The Labute approximate surface area is 124 Å². The van der Waals surface area contributed by atoms with Crippen molar-refractivity contribution in [2.45, 2.75) is 19.6 Å². The Morgan fingerprint density at radius 3 is 2.29 bits per heavy atom. The summed E-state index contributed by atoms with van der Waals surface area (Å²) in [6.07, 6.45) is 4.89. The number of anilines is 2. The first-order chi connectivity index (χ1) is 10.1. The lowest BCUT2D eigenvalue weighted by Crippen LogP contribution is -2.43. The van der Waals surface area contributed by atoms with Crippen LogP contribution in [-0.2, 0) is 0 Å². The van der Waals surface area contributed by atoms with Gasteiger partial charge in [0.1, 0.15) is 11.8 Å². The van der Waals surface area contributed by atoms with Crippen molar-refractivity contribution in [2.24, 2.45) is 0 Å². The molecule has 0 bridgehead atoms. The van der Waals surface area contributed by atoms with Gasteiger partial charge in [0, 0.05) is 18.1 Å². The van der Waals surface area contributed by atoms with E-state index >= 15 is 0 Å². The summed E-state index contributed by atoms with van der Waals surface area (Å²) in [6, 6.07) is 10.3. The SMILES string of the molecule is C[Si](C)(C)N(c1ccccc1)c1ncnc2nccnc12. The van der Waals surface area contributed by atoms with Crippen LogP contribution < -0.4 is 4.57 Å². The van der Waals surface area contributed by atoms with Crippen molar-refractivity contribution in [1.29, 1.82) is 0 Å². The molecule has 0 amide bonds. The van der Waals surface area contributed by atoms with Gasteiger partial charge in [-0.3, -0.25) is 0 Å². The van der Waals surface area contributed by atoms with Crippen LogP contribution >= 0.6 is 0 Å². The molecule has 106 valence electrons. The summed E-state index contributed by atoms with van der Waals surface area (Å²) < 4.78 is 2.30. The molecule has 0 fully saturated rings. The van der Waals surface area contributed by atoms with E-state index in [1.54, 1.807) is 18.7 Å². The summed E-state index contributed by atoms with van der Waals surface area (Å²) in [5.74, 6) is 0.832. The summed E-state index contributed by atoms with van der Waals surface area (Å²) in [5.41, 5.74) is 2.50. The van der Waals surface area contributed by atoms with E-state index in [9.17, 15) is 0 Å². The fourth-order valence-corrected chi connectivity index (χ4v) is 4.07. The highest BCUT2D eigenvalue weighted by Gasteiger charge is 2.29. The molecule has 0 N–H and O–H groups in total. The van der Waals surface area contributed by atoms with Gasteiger partial charge in [0.25, 0.3) is 0 Å². The molecule has 0 aliphatic heterocycles. The van der Waals surface area contributed by atoms with Crippen molar-refractivity contribution in [3.63, 3.8) is 0 Å². The van der Waals surface area contributed by atoms with Crippen LogP contribution in [0.25, 0.3) is 11.2 Å². The fraction of sp³-hybridized carbons (Fsp3) is 0.200. The van der Waals surface area contributed by atoms with Gasteiger partial charge in [-0.15, -0.1) is 0 Å². The zero-order valence-corrected chi connectivity index (χ0v) is 13.4. The number of benzene rings is 1. The second-order valence-corrected chi connectivity index (χ2v) is 10.6. The second-order valence-electron chi connectivity index (χ2n) is 5.77. The number of para-hydroxylation sites is 1. The highest BCUT2D eigenvalue weighted by Crippen LogP contribution is 2.32. The highest BCUT2D eigenvalue weighted by atomic mass is 28.3. The minimum Gasteiger partial charge on any atom is -0.353 e. The van der Waals surface area contributed by atoms with Gasteiger partial charge in [0.15, 0.2) is 19.7 Å². The zero-order chi connectivity index (χ0) is 14.9. The third kappa shape index (κ3) is 2.62. The molecule has 3 aromatic rings. The molecule has 21 heavy (non-hydrogen) atoms. The minimum absolute atomic E-state index is 0.627. The number of aromatic nitrogens is 4. The van der Waals surface area contributed by atoms with Gasteiger partial charge in [-0.25, -0.2) is 19.9 Å². The van der Waals surface area contributed by atoms with Crippen molar-refractivity contribution >= 4 is 30.9 Å². The van der Waals surface area contributed by atoms with Crippen LogP contribution in [0.2, 0.25) is 19.6 Å². The molecule has 1 aromatic carbocycles. The van der Waals surface area contributed by atoms with Crippen molar-refractivity contribution in [3.8, 4) is 0 Å². The van der Waals surface area contributed by atoms with Crippen molar-refractivity contribution in [3.05, 3.63) is 49.1 Å². The van der Waals surface area contributed by atoms with Crippen molar-refractivity contribution in [2.75, 3.05) is 4.57 Å². The molecular formula is C15H17N5Si. The van der Waals surface area contributed by atoms with Gasteiger partial charge in [-0.2, -0.15) is 0 Å². The van der Waals surface area contributed by atoms with Crippen LogP contribution in [0, 0.1) is 0 Å². The van der Waals surface area contributed by atoms with Gasteiger partial charge in [-0.05, 0) is 12.1 Å². The molecule has 0 unspecified atom stereocenters. The molecular weight excluding hydrogens is 278 g/mol. The van der Waals surface area contributed by atoms with Crippen LogP contribution in [0.5, 0.6) is 0 Å². The predicted molar refractivity (Wildman–Crippen MR) is 87.1 cm³/mol. The zero-order valence-electron chi connectivity index (χ0n) is 12.4. The van der Waals surface area contributed by atoms with Crippen molar-refractivity contribution in [1.82, 2.24) is 19.9 Å². The molecule has 0 aliphatic carbocycles. The first kappa shape index (κ1) is 13.6. The number of hydrogen-bond donors (Lipinski definition) is 0. The maximum absolute atomic E-state index is 4.50.